The van der Waals surface area contributed by atoms with Crippen LogP contribution < -0.4 is 11.1 Å². The van der Waals surface area contributed by atoms with E-state index in [0.29, 0.717) is 6.41 Å². The first-order valence-electron chi connectivity index (χ1n) is 5.46. The molecule has 11 nitrogen and oxygen atoms in total. The first-order valence-corrected chi connectivity index (χ1v) is 6.99. The molecule has 1 unspecified atom stereocenters. The average molecular weight is 313 g/mol. The quantitative estimate of drug-likeness (QED) is 0.121. The van der Waals surface area contributed by atoms with Gasteiger partial charge in [-0.3, -0.25) is 9.32 Å². The number of phosphoric ester groups is 1. The van der Waals surface area contributed by atoms with Crippen molar-refractivity contribution in [1.82, 2.24) is 5.32 Å². The van der Waals surface area contributed by atoms with E-state index >= 15 is 0 Å². The van der Waals surface area contributed by atoms with Crippen molar-refractivity contribution in [2.24, 2.45) is 10.7 Å². The lowest BCUT2D eigenvalue weighted by Crippen LogP contribution is -2.36. The van der Waals surface area contributed by atoms with Crippen LogP contribution in [0, 0.1) is 0 Å². The summed E-state index contributed by atoms with van der Waals surface area (Å²) >= 11 is 0. The SMILES string of the molecule is NC(CNC=O)=NC1O[C@H](CO)[C@@H](O)[C@H]1OP(=O)(O)O. The highest BCUT2D eigenvalue weighted by Crippen LogP contribution is 2.42. The van der Waals surface area contributed by atoms with Gasteiger partial charge in [-0.2, -0.15) is 0 Å². The number of aliphatic hydroxyl groups is 2. The lowest BCUT2D eigenvalue weighted by Gasteiger charge is -2.19. The number of hydrogen-bond acceptors (Lipinski definition) is 7. The number of aliphatic hydroxyl groups excluding tert-OH is 2. The Morgan fingerprint density at radius 3 is 2.70 bits per heavy atom. The third-order valence-corrected chi connectivity index (χ3v) is 2.93. The zero-order chi connectivity index (χ0) is 15.3. The molecular formula is C8H16N3O8P. The monoisotopic (exact) mass is 313 g/mol. The van der Waals surface area contributed by atoms with E-state index < -0.39 is 39.0 Å². The summed E-state index contributed by atoms with van der Waals surface area (Å²) in [7, 11) is -4.89. The Hall–Kier alpha value is -1.07. The fourth-order valence-electron chi connectivity index (χ4n) is 1.60. The van der Waals surface area contributed by atoms with Gasteiger partial charge in [-0.1, -0.05) is 0 Å². The normalized spacial score (nSPS) is 31.3. The summed E-state index contributed by atoms with van der Waals surface area (Å²) in [5.74, 6) is -0.104. The second kappa shape index (κ2) is 7.09. The number of carbonyl (C=O) groups excluding carboxylic acids is 1. The van der Waals surface area contributed by atoms with Crippen LogP contribution in [0.25, 0.3) is 0 Å². The summed E-state index contributed by atoms with van der Waals surface area (Å²) in [6, 6.07) is 0. The van der Waals surface area contributed by atoms with Crippen LogP contribution >= 0.6 is 7.82 Å². The molecule has 1 amide bonds. The number of phosphoric acid groups is 1. The van der Waals surface area contributed by atoms with Gasteiger partial charge >= 0.3 is 7.82 Å². The molecule has 0 radical (unpaired) electrons. The number of amides is 1. The summed E-state index contributed by atoms with van der Waals surface area (Å²) in [4.78, 5) is 31.4. The van der Waals surface area contributed by atoms with Crippen LogP contribution in [0.3, 0.4) is 0 Å². The summed E-state index contributed by atoms with van der Waals surface area (Å²) in [6.07, 6.45) is -5.04. The maximum atomic E-state index is 10.8. The Bertz CT molecular complexity index is 413. The molecule has 0 spiro atoms. The predicted octanol–water partition coefficient (Wildman–Crippen LogP) is -3.35. The van der Waals surface area contributed by atoms with Gasteiger partial charge in [0.05, 0.1) is 13.2 Å². The van der Waals surface area contributed by atoms with Crippen molar-refractivity contribution in [2.45, 2.75) is 24.5 Å². The second-order valence-corrected chi connectivity index (χ2v) is 5.11. The fraction of sp³-hybridized carbons (Fsp3) is 0.750. The number of ether oxygens (including phenoxy) is 1. The molecule has 1 aliphatic heterocycles. The van der Waals surface area contributed by atoms with Crippen molar-refractivity contribution in [3.05, 3.63) is 0 Å². The topological polar surface area (TPSA) is 184 Å². The molecule has 1 fully saturated rings. The summed E-state index contributed by atoms with van der Waals surface area (Å²) in [5.41, 5.74) is 5.45. The highest BCUT2D eigenvalue weighted by atomic mass is 31.2. The van der Waals surface area contributed by atoms with E-state index in [2.05, 4.69) is 14.8 Å². The van der Waals surface area contributed by atoms with Crippen LogP contribution in [-0.4, -0.2) is 69.9 Å². The zero-order valence-corrected chi connectivity index (χ0v) is 11.1. The van der Waals surface area contributed by atoms with E-state index in [1.165, 1.54) is 0 Å². The molecule has 1 saturated heterocycles. The van der Waals surface area contributed by atoms with E-state index in [1.54, 1.807) is 0 Å². The minimum absolute atomic E-state index is 0.104. The van der Waals surface area contributed by atoms with Gasteiger partial charge in [0.25, 0.3) is 0 Å². The Morgan fingerprint density at radius 2 is 2.20 bits per heavy atom. The van der Waals surface area contributed by atoms with Gasteiger partial charge in [0.2, 0.25) is 6.41 Å². The van der Waals surface area contributed by atoms with E-state index in [9.17, 15) is 14.5 Å². The first-order chi connectivity index (χ1) is 9.28. The van der Waals surface area contributed by atoms with Crippen molar-refractivity contribution in [3.63, 3.8) is 0 Å². The highest BCUT2D eigenvalue weighted by Gasteiger charge is 2.47. The molecule has 116 valence electrons. The largest absolute Gasteiger partial charge is 0.470 e. The van der Waals surface area contributed by atoms with Gasteiger partial charge in [0.15, 0.2) is 6.23 Å². The maximum absolute atomic E-state index is 10.8. The molecule has 0 aliphatic carbocycles. The molecule has 0 aromatic carbocycles. The van der Waals surface area contributed by atoms with Crippen LogP contribution in [0.4, 0.5) is 0 Å². The van der Waals surface area contributed by atoms with Gasteiger partial charge < -0.3 is 35.8 Å². The third-order valence-electron chi connectivity index (χ3n) is 2.41. The molecule has 0 saturated carbocycles. The van der Waals surface area contributed by atoms with E-state index in [1.807, 2.05) is 0 Å². The average Bonchev–Trinajstić information content (AvgIpc) is 2.63. The van der Waals surface area contributed by atoms with Crippen LogP contribution in [0.15, 0.2) is 4.99 Å². The minimum Gasteiger partial charge on any atom is -0.394 e. The molecule has 1 heterocycles. The van der Waals surface area contributed by atoms with Crippen molar-refractivity contribution in [3.8, 4) is 0 Å². The van der Waals surface area contributed by atoms with Crippen LogP contribution in [0.5, 0.6) is 0 Å². The molecule has 0 aromatic heterocycles. The number of nitrogens with one attached hydrogen (secondary N) is 1. The molecule has 4 atom stereocenters. The van der Waals surface area contributed by atoms with Crippen molar-refractivity contribution >= 4 is 20.1 Å². The van der Waals surface area contributed by atoms with Gasteiger partial charge in [-0.05, 0) is 0 Å². The number of rotatable bonds is 7. The van der Waals surface area contributed by atoms with Crippen molar-refractivity contribution in [1.29, 1.82) is 0 Å². The number of nitrogens with zero attached hydrogens (tertiary/aromatic N) is 1. The number of aliphatic imine (C=N–C) groups is 1. The van der Waals surface area contributed by atoms with Gasteiger partial charge in [-0.15, -0.1) is 0 Å². The predicted molar refractivity (Wildman–Crippen MR) is 64.4 cm³/mol. The molecule has 1 rings (SSSR count). The van der Waals surface area contributed by atoms with E-state index in [-0.39, 0.29) is 12.4 Å². The molecule has 0 bridgehead atoms. The second-order valence-electron chi connectivity index (χ2n) is 3.92. The molecule has 7 N–H and O–H groups in total. The molecule has 12 heteroatoms. The Morgan fingerprint density at radius 1 is 1.55 bits per heavy atom. The summed E-state index contributed by atoms with van der Waals surface area (Å²) < 4.78 is 20.3. The van der Waals surface area contributed by atoms with Crippen molar-refractivity contribution < 1.29 is 38.6 Å². The Kier molecular flexibility index (Phi) is 6.02. The fourth-order valence-corrected chi connectivity index (χ4v) is 2.15. The molecular weight excluding hydrogens is 297 g/mol. The van der Waals surface area contributed by atoms with Gasteiger partial charge in [-0.25, -0.2) is 9.56 Å². The molecule has 0 aromatic rings. The van der Waals surface area contributed by atoms with E-state index in [0.717, 1.165) is 0 Å². The van der Waals surface area contributed by atoms with Crippen LogP contribution in [-0.2, 0) is 18.6 Å². The number of carbonyl (C=O) groups is 1. The standard InChI is InChI=1S/C8H16N3O8P/c9-5(1-10-3-13)11-8-7(19-20(15,16)17)6(14)4(2-12)18-8/h3-4,6-8,12,14H,1-2H2,(H2,9,11)(H,10,13)(H2,15,16,17)/t4-,6-,7-,8?/m1/s1. The number of nitrogens with two attached hydrogens (primary N) is 1. The van der Waals surface area contributed by atoms with Gasteiger partial charge in [0, 0.05) is 0 Å². The molecule has 1 aliphatic rings. The number of hydrogen-bond donors (Lipinski definition) is 6. The maximum Gasteiger partial charge on any atom is 0.470 e. The zero-order valence-electron chi connectivity index (χ0n) is 10.2. The van der Waals surface area contributed by atoms with Crippen molar-refractivity contribution in [2.75, 3.05) is 13.2 Å². The Balaban J connectivity index is 2.84. The smallest absolute Gasteiger partial charge is 0.394 e. The Labute approximate surface area is 113 Å². The number of amidine groups is 1. The summed E-state index contributed by atoms with van der Waals surface area (Å²) in [6.45, 7) is -0.716. The van der Waals surface area contributed by atoms with E-state index in [4.69, 9.17) is 25.4 Å². The first kappa shape index (κ1) is 17.0. The third kappa shape index (κ3) is 4.80. The van der Waals surface area contributed by atoms with Crippen LogP contribution in [0.1, 0.15) is 0 Å². The van der Waals surface area contributed by atoms with Crippen LogP contribution in [0.2, 0.25) is 0 Å². The summed E-state index contributed by atoms with van der Waals surface area (Å²) in [5, 5.41) is 20.9. The molecule has 20 heavy (non-hydrogen) atoms. The lowest BCUT2D eigenvalue weighted by molar-refractivity contribution is -0.109. The van der Waals surface area contributed by atoms with Gasteiger partial charge in [0.1, 0.15) is 24.1 Å². The lowest BCUT2D eigenvalue weighted by atomic mass is 10.1. The highest BCUT2D eigenvalue weighted by molar-refractivity contribution is 7.46. The minimum atomic E-state index is -4.89.